The van der Waals surface area contributed by atoms with E-state index in [1.165, 1.54) is 23.2 Å². The van der Waals surface area contributed by atoms with Crippen molar-refractivity contribution in [3.63, 3.8) is 0 Å². The van der Waals surface area contributed by atoms with Crippen molar-refractivity contribution in [2.75, 3.05) is 0 Å². The molecule has 2 aromatic rings. The van der Waals surface area contributed by atoms with Crippen LogP contribution in [0.15, 0.2) is 59.7 Å². The van der Waals surface area contributed by atoms with Crippen LogP contribution >= 0.6 is 0 Å². The van der Waals surface area contributed by atoms with Gasteiger partial charge in [0.15, 0.2) is 0 Å². The Balaban J connectivity index is 1.96. The first-order valence-corrected chi connectivity index (χ1v) is 21.9. The molecule has 2 aliphatic rings. The first kappa shape index (κ1) is 24.2. The maximum atomic E-state index is 2.60. The Morgan fingerprint density at radius 2 is 1.03 bits per heavy atom. The molecule has 2 heteroatoms. The standard InChI is InChI=1S/2C13H15.C4H11Si.Zr/c2*1-13(2,3)12-8-10-6-4-5-7-11(10)9-12;1-3-5-4-2;/h2*4-9H,1-3H3;5H,3-4H2,1-2H3;. The number of fused-ring (bicyclic) bond motifs is 2. The quantitative estimate of drug-likeness (QED) is 0.346. The van der Waals surface area contributed by atoms with Crippen LogP contribution in [0.3, 0.4) is 0 Å². The average molecular weight is 521 g/mol. The molecule has 0 N–H and O–H groups in total. The Morgan fingerprint density at radius 1 is 0.656 bits per heavy atom. The van der Waals surface area contributed by atoms with E-state index in [2.05, 4.69) is 116 Å². The maximum absolute atomic E-state index is 2.60. The first-order valence-electron chi connectivity index (χ1n) is 12.6. The fourth-order valence-corrected chi connectivity index (χ4v) is 34.9. The molecule has 169 valence electrons. The topological polar surface area (TPSA) is 0 Å². The molecule has 2 atom stereocenters. The van der Waals surface area contributed by atoms with Crippen LogP contribution in [-0.4, -0.2) is 5.92 Å². The first-order chi connectivity index (χ1) is 15.1. The molecule has 0 amide bonds. The Kier molecular flexibility index (Phi) is 6.79. The van der Waals surface area contributed by atoms with E-state index in [1.807, 2.05) is 0 Å². The average Bonchev–Trinajstić information content (AvgIpc) is 3.31. The molecule has 2 aliphatic carbocycles. The monoisotopic (exact) mass is 519 g/mol. The summed E-state index contributed by atoms with van der Waals surface area (Å²) in [5.41, 5.74) is 10.3. The van der Waals surface area contributed by atoms with E-state index in [0.717, 1.165) is 7.25 Å². The minimum atomic E-state index is -2.05. The fourth-order valence-electron chi connectivity index (χ4n) is 6.06. The zero-order valence-electron chi connectivity index (χ0n) is 21.4. The molecule has 0 aliphatic heterocycles. The molecule has 0 nitrogen and oxygen atoms in total. The molecule has 0 aromatic heterocycles. The number of rotatable bonds is 5. The molecular formula is C30H41SiZr. The van der Waals surface area contributed by atoms with Gasteiger partial charge in [0.05, 0.1) is 0 Å². The molecule has 0 saturated heterocycles. The van der Waals surface area contributed by atoms with Gasteiger partial charge < -0.3 is 0 Å². The summed E-state index contributed by atoms with van der Waals surface area (Å²) in [6.45, 7) is 19.8. The second-order valence-corrected chi connectivity index (χ2v) is 30.1. The van der Waals surface area contributed by atoms with Crippen LogP contribution in [0.4, 0.5) is 0 Å². The SMILES string of the molecule is CC[SiH](CC)[Zr]([CH]1C(C(C)(C)C)=Cc2ccccc21)[CH]1C(C(C)(C)C)=Cc2ccccc21. The van der Waals surface area contributed by atoms with Gasteiger partial charge in [0.25, 0.3) is 0 Å². The number of benzene rings is 2. The molecule has 0 radical (unpaired) electrons. The van der Waals surface area contributed by atoms with Crippen molar-refractivity contribution in [1.82, 2.24) is 0 Å². The van der Waals surface area contributed by atoms with Crippen molar-refractivity contribution in [1.29, 1.82) is 0 Å². The van der Waals surface area contributed by atoms with Gasteiger partial charge in [-0.15, -0.1) is 0 Å². The van der Waals surface area contributed by atoms with Crippen molar-refractivity contribution < 1.29 is 20.9 Å². The van der Waals surface area contributed by atoms with Gasteiger partial charge in [0, 0.05) is 0 Å². The van der Waals surface area contributed by atoms with E-state index in [-0.39, 0.29) is 10.8 Å². The molecule has 2 unspecified atom stereocenters. The van der Waals surface area contributed by atoms with E-state index >= 15 is 0 Å². The molecule has 2 aromatic carbocycles. The normalized spacial score (nSPS) is 20.2. The summed E-state index contributed by atoms with van der Waals surface area (Å²) in [5, 5.41) is 0. The van der Waals surface area contributed by atoms with Gasteiger partial charge in [-0.25, -0.2) is 0 Å². The third-order valence-electron chi connectivity index (χ3n) is 7.71. The molecule has 0 spiro atoms. The second kappa shape index (κ2) is 8.99. The zero-order chi connectivity index (χ0) is 23.3. The zero-order valence-corrected chi connectivity index (χ0v) is 25.0. The molecule has 32 heavy (non-hydrogen) atoms. The summed E-state index contributed by atoms with van der Waals surface area (Å²) < 4.78 is 1.46. The van der Waals surface area contributed by atoms with Crippen LogP contribution in [0.2, 0.25) is 12.1 Å². The Labute approximate surface area is 205 Å². The molecular weight excluding hydrogens is 480 g/mol. The van der Waals surface area contributed by atoms with Crippen LogP contribution < -0.4 is 0 Å². The minimum absolute atomic E-state index is 0.222. The Hall–Kier alpha value is -0.980. The van der Waals surface area contributed by atoms with Crippen LogP contribution in [0.1, 0.15) is 84.9 Å². The summed E-state index contributed by atoms with van der Waals surface area (Å²) in [6.07, 6.45) is 5.19. The number of hydrogen-bond acceptors (Lipinski definition) is 0. The molecule has 0 heterocycles. The van der Waals surface area contributed by atoms with E-state index in [4.69, 9.17) is 0 Å². The van der Waals surface area contributed by atoms with Crippen molar-refractivity contribution in [2.45, 2.75) is 74.7 Å². The Morgan fingerprint density at radius 3 is 1.38 bits per heavy atom. The van der Waals surface area contributed by atoms with Crippen LogP contribution in [0.25, 0.3) is 12.2 Å². The van der Waals surface area contributed by atoms with Gasteiger partial charge in [0.2, 0.25) is 0 Å². The number of hydrogen-bond donors (Lipinski definition) is 0. The van der Waals surface area contributed by atoms with E-state index in [0.29, 0.717) is 0 Å². The van der Waals surface area contributed by atoms with Crippen molar-refractivity contribution in [3.05, 3.63) is 81.9 Å². The third kappa shape index (κ3) is 4.27. The van der Waals surface area contributed by atoms with Crippen molar-refractivity contribution >= 4 is 18.1 Å². The van der Waals surface area contributed by atoms with Crippen molar-refractivity contribution in [2.24, 2.45) is 10.8 Å². The summed E-state index contributed by atoms with van der Waals surface area (Å²) in [7, 11) is 0. The summed E-state index contributed by atoms with van der Waals surface area (Å²) >= 11 is -2.05. The summed E-state index contributed by atoms with van der Waals surface area (Å²) in [6, 6.07) is 21.7. The van der Waals surface area contributed by atoms with Gasteiger partial charge in [-0.2, -0.15) is 0 Å². The molecule has 0 bridgehead atoms. The van der Waals surface area contributed by atoms with E-state index < -0.39 is 26.8 Å². The fraction of sp³-hybridized carbons (Fsp3) is 0.467. The van der Waals surface area contributed by atoms with Gasteiger partial charge in [-0.05, 0) is 0 Å². The van der Waals surface area contributed by atoms with E-state index in [9.17, 15) is 0 Å². The van der Waals surface area contributed by atoms with E-state index in [1.54, 1.807) is 22.3 Å². The predicted molar refractivity (Wildman–Crippen MR) is 141 cm³/mol. The molecule has 0 saturated carbocycles. The van der Waals surface area contributed by atoms with Crippen LogP contribution in [0, 0.1) is 10.8 Å². The van der Waals surface area contributed by atoms with Crippen molar-refractivity contribution in [3.8, 4) is 0 Å². The number of allylic oxidation sites excluding steroid dienone is 2. The summed E-state index contributed by atoms with van der Waals surface area (Å²) in [5.74, 6) is -0.837. The third-order valence-corrected chi connectivity index (χ3v) is 33.9. The van der Waals surface area contributed by atoms with Gasteiger partial charge in [-0.1, -0.05) is 0 Å². The molecule has 0 fully saturated rings. The summed E-state index contributed by atoms with van der Waals surface area (Å²) in [4.78, 5) is 0. The van der Waals surface area contributed by atoms with Crippen LogP contribution in [-0.2, 0) is 20.9 Å². The van der Waals surface area contributed by atoms with Gasteiger partial charge >= 0.3 is 206 Å². The van der Waals surface area contributed by atoms with Gasteiger partial charge in [-0.3, -0.25) is 0 Å². The van der Waals surface area contributed by atoms with Gasteiger partial charge in [0.1, 0.15) is 0 Å². The Bertz CT molecular complexity index is 963. The predicted octanol–water partition coefficient (Wildman–Crippen LogP) is 8.74. The van der Waals surface area contributed by atoms with Crippen LogP contribution in [0.5, 0.6) is 0 Å². The molecule has 4 rings (SSSR count). The second-order valence-electron chi connectivity index (χ2n) is 11.8.